The van der Waals surface area contributed by atoms with E-state index < -0.39 is 0 Å². The Kier molecular flexibility index (Phi) is 4.12. The highest BCUT2D eigenvalue weighted by molar-refractivity contribution is 5.52. The molecule has 0 bridgehead atoms. The van der Waals surface area contributed by atoms with Crippen LogP contribution in [0.25, 0.3) is 0 Å². The monoisotopic (exact) mass is 249 g/mol. The number of nitrogens with two attached hydrogens (primary N) is 1. The van der Waals surface area contributed by atoms with Crippen molar-refractivity contribution in [3.05, 3.63) is 23.3 Å². The average Bonchev–Trinajstić information content (AvgIpc) is 3.13. The predicted molar refractivity (Wildman–Crippen MR) is 73.4 cm³/mol. The molecule has 1 fully saturated rings. The maximum Gasteiger partial charge on any atom is 0.126 e. The van der Waals surface area contributed by atoms with Crippen molar-refractivity contribution in [3.63, 3.8) is 0 Å². The Hall–Kier alpha value is -1.22. The molecule has 0 amide bonds. The molecule has 2 rings (SSSR count). The summed E-state index contributed by atoms with van der Waals surface area (Å²) in [7, 11) is 0. The molecular weight excluding hydrogens is 226 g/mol. The summed E-state index contributed by atoms with van der Waals surface area (Å²) in [6.45, 7) is 7.35. The molecular formula is C15H23NO2. The Morgan fingerprint density at radius 2 is 1.67 bits per heavy atom. The third-order valence-electron chi connectivity index (χ3n) is 3.24. The van der Waals surface area contributed by atoms with Gasteiger partial charge in [-0.3, -0.25) is 0 Å². The van der Waals surface area contributed by atoms with E-state index in [1.807, 2.05) is 20.8 Å². The van der Waals surface area contributed by atoms with Crippen LogP contribution in [0.5, 0.6) is 11.5 Å². The minimum absolute atomic E-state index is 0.00309. The van der Waals surface area contributed by atoms with Crippen LogP contribution in [0.3, 0.4) is 0 Å². The molecule has 0 heterocycles. The van der Waals surface area contributed by atoms with Gasteiger partial charge in [-0.2, -0.15) is 0 Å². The quantitative estimate of drug-likeness (QED) is 0.840. The second-order valence-electron chi connectivity index (χ2n) is 4.86. The molecule has 0 spiro atoms. The highest BCUT2D eigenvalue weighted by Gasteiger charge is 2.31. The summed E-state index contributed by atoms with van der Waals surface area (Å²) >= 11 is 0. The summed E-state index contributed by atoms with van der Waals surface area (Å²) in [5, 5.41) is 0. The third kappa shape index (κ3) is 2.78. The lowest BCUT2D eigenvalue weighted by Gasteiger charge is -2.18. The second-order valence-corrected chi connectivity index (χ2v) is 4.86. The van der Waals surface area contributed by atoms with Crippen molar-refractivity contribution in [1.29, 1.82) is 0 Å². The maximum atomic E-state index is 5.97. The van der Waals surface area contributed by atoms with E-state index in [4.69, 9.17) is 15.2 Å². The zero-order valence-corrected chi connectivity index (χ0v) is 11.5. The molecule has 1 aromatic carbocycles. The molecule has 0 saturated heterocycles. The first-order chi connectivity index (χ1) is 8.67. The topological polar surface area (TPSA) is 44.5 Å². The molecule has 0 aliphatic heterocycles. The highest BCUT2D eigenvalue weighted by Crippen LogP contribution is 2.49. The van der Waals surface area contributed by atoms with Gasteiger partial charge in [0.05, 0.1) is 13.2 Å². The Morgan fingerprint density at radius 1 is 1.17 bits per heavy atom. The molecule has 0 radical (unpaired) electrons. The van der Waals surface area contributed by atoms with Gasteiger partial charge in [-0.05, 0) is 57.2 Å². The first-order valence-corrected chi connectivity index (χ1v) is 6.86. The van der Waals surface area contributed by atoms with Crippen LogP contribution < -0.4 is 15.2 Å². The van der Waals surface area contributed by atoms with Crippen LogP contribution in [0.4, 0.5) is 0 Å². The molecule has 18 heavy (non-hydrogen) atoms. The molecule has 1 aliphatic rings. The normalized spacial score (nSPS) is 16.4. The fourth-order valence-electron chi connectivity index (χ4n) is 2.21. The summed E-state index contributed by atoms with van der Waals surface area (Å²) in [6, 6.07) is 4.14. The van der Waals surface area contributed by atoms with E-state index in [2.05, 4.69) is 12.1 Å². The Labute approximate surface area is 109 Å². The van der Waals surface area contributed by atoms with Gasteiger partial charge in [-0.25, -0.2) is 0 Å². The molecule has 1 saturated carbocycles. The predicted octanol–water partition coefficient (Wildman–Crippen LogP) is 3.38. The summed E-state index contributed by atoms with van der Waals surface area (Å²) in [6.07, 6.45) is 2.47. The Bertz CT molecular complexity index is 384. The van der Waals surface area contributed by atoms with Gasteiger partial charge in [0.25, 0.3) is 0 Å². The van der Waals surface area contributed by atoms with Crippen LogP contribution in [0, 0.1) is 0 Å². The zero-order valence-electron chi connectivity index (χ0n) is 11.5. The smallest absolute Gasteiger partial charge is 0.126 e. The van der Waals surface area contributed by atoms with E-state index in [1.54, 1.807) is 0 Å². The first-order valence-electron chi connectivity index (χ1n) is 6.86. The largest absolute Gasteiger partial charge is 0.493 e. The van der Waals surface area contributed by atoms with Crippen molar-refractivity contribution in [2.45, 2.75) is 45.6 Å². The van der Waals surface area contributed by atoms with Crippen molar-refractivity contribution in [2.24, 2.45) is 5.73 Å². The zero-order chi connectivity index (χ0) is 13.1. The maximum absolute atomic E-state index is 5.97. The summed E-state index contributed by atoms with van der Waals surface area (Å²) < 4.78 is 11.6. The number of hydrogen-bond acceptors (Lipinski definition) is 3. The Morgan fingerprint density at radius 3 is 2.00 bits per heavy atom. The minimum atomic E-state index is -0.00309. The fourth-order valence-corrected chi connectivity index (χ4v) is 2.21. The molecule has 3 heteroatoms. The molecule has 1 atom stereocenters. The molecule has 3 nitrogen and oxygen atoms in total. The molecule has 0 unspecified atom stereocenters. The number of rotatable bonds is 6. The molecule has 1 aliphatic carbocycles. The van der Waals surface area contributed by atoms with Crippen molar-refractivity contribution >= 4 is 0 Å². The van der Waals surface area contributed by atoms with Gasteiger partial charge in [0, 0.05) is 11.6 Å². The number of ether oxygens (including phenoxy) is 2. The van der Waals surface area contributed by atoms with Crippen molar-refractivity contribution in [3.8, 4) is 11.5 Å². The highest BCUT2D eigenvalue weighted by atomic mass is 16.5. The lowest BCUT2D eigenvalue weighted by Crippen LogP contribution is -2.08. The van der Waals surface area contributed by atoms with Crippen LogP contribution in [0.2, 0.25) is 0 Å². The Balaban J connectivity index is 2.45. The second kappa shape index (κ2) is 5.61. The van der Waals surface area contributed by atoms with Crippen molar-refractivity contribution in [1.82, 2.24) is 0 Å². The van der Waals surface area contributed by atoms with Gasteiger partial charge in [0.2, 0.25) is 0 Å². The lowest BCUT2D eigenvalue weighted by atomic mass is 10.0. The molecule has 100 valence electrons. The van der Waals surface area contributed by atoms with E-state index in [-0.39, 0.29) is 6.04 Å². The van der Waals surface area contributed by atoms with Gasteiger partial charge in [0.1, 0.15) is 11.5 Å². The summed E-state index contributed by atoms with van der Waals surface area (Å²) in [4.78, 5) is 0. The molecule has 1 aromatic rings. The average molecular weight is 249 g/mol. The standard InChI is InChI=1S/C15H23NO2/c1-4-17-13-8-12(10(3)16)9-14(18-5-2)15(13)11-6-7-11/h8-11H,4-7,16H2,1-3H3/t10-/m1/s1. The van der Waals surface area contributed by atoms with E-state index >= 15 is 0 Å². The van der Waals surface area contributed by atoms with E-state index in [9.17, 15) is 0 Å². The number of benzene rings is 1. The fraction of sp³-hybridized carbons (Fsp3) is 0.600. The van der Waals surface area contributed by atoms with Crippen LogP contribution in [0.1, 0.15) is 56.7 Å². The van der Waals surface area contributed by atoms with Gasteiger partial charge in [0.15, 0.2) is 0 Å². The van der Waals surface area contributed by atoms with E-state index in [0.29, 0.717) is 19.1 Å². The SMILES string of the molecule is CCOc1cc([C@@H](C)N)cc(OCC)c1C1CC1. The minimum Gasteiger partial charge on any atom is -0.493 e. The van der Waals surface area contributed by atoms with E-state index in [0.717, 1.165) is 17.1 Å². The first kappa shape index (κ1) is 13.2. The molecule has 0 aromatic heterocycles. The van der Waals surface area contributed by atoms with Gasteiger partial charge >= 0.3 is 0 Å². The van der Waals surface area contributed by atoms with Gasteiger partial charge in [-0.15, -0.1) is 0 Å². The van der Waals surface area contributed by atoms with Crippen LogP contribution in [-0.2, 0) is 0 Å². The van der Waals surface area contributed by atoms with Crippen molar-refractivity contribution < 1.29 is 9.47 Å². The molecule has 2 N–H and O–H groups in total. The summed E-state index contributed by atoms with van der Waals surface area (Å²) in [5.41, 5.74) is 8.29. The lowest BCUT2D eigenvalue weighted by molar-refractivity contribution is 0.315. The number of hydrogen-bond donors (Lipinski definition) is 1. The van der Waals surface area contributed by atoms with Crippen LogP contribution >= 0.6 is 0 Å². The van der Waals surface area contributed by atoms with Crippen LogP contribution in [-0.4, -0.2) is 13.2 Å². The third-order valence-corrected chi connectivity index (χ3v) is 3.24. The summed E-state index contributed by atoms with van der Waals surface area (Å²) in [5.74, 6) is 2.52. The van der Waals surface area contributed by atoms with E-state index in [1.165, 1.54) is 18.4 Å². The van der Waals surface area contributed by atoms with Crippen molar-refractivity contribution in [2.75, 3.05) is 13.2 Å². The van der Waals surface area contributed by atoms with Gasteiger partial charge in [-0.1, -0.05) is 0 Å². The van der Waals surface area contributed by atoms with Gasteiger partial charge < -0.3 is 15.2 Å². The van der Waals surface area contributed by atoms with Crippen LogP contribution in [0.15, 0.2) is 12.1 Å².